The zero-order valence-electron chi connectivity index (χ0n) is 17.5. The van der Waals surface area contributed by atoms with Crippen molar-refractivity contribution >= 4 is 35.6 Å². The molecule has 10 heteroatoms. The van der Waals surface area contributed by atoms with E-state index < -0.39 is 12.2 Å². The third-order valence-electron chi connectivity index (χ3n) is 5.61. The smallest absolute Gasteiger partial charge is 0.378 e. The van der Waals surface area contributed by atoms with E-state index in [4.69, 9.17) is 4.74 Å². The number of hydrogen-bond acceptors (Lipinski definition) is 4. The maximum Gasteiger partial charge on any atom is 0.403 e. The highest BCUT2D eigenvalue weighted by Crippen LogP contribution is 2.25. The molecule has 30 heavy (non-hydrogen) atoms. The fourth-order valence-corrected chi connectivity index (χ4v) is 3.69. The van der Waals surface area contributed by atoms with Crippen molar-refractivity contribution in [1.29, 1.82) is 0 Å². The van der Waals surface area contributed by atoms with E-state index in [-0.39, 0.29) is 24.0 Å². The Morgan fingerprint density at radius 1 is 1.07 bits per heavy atom. The Bertz CT molecular complexity index is 672. The van der Waals surface area contributed by atoms with Gasteiger partial charge in [0.1, 0.15) is 6.04 Å². The highest BCUT2D eigenvalue weighted by atomic mass is 127. The summed E-state index contributed by atoms with van der Waals surface area (Å²) in [6, 6.07) is 7.00. The molecule has 1 aromatic rings. The van der Waals surface area contributed by atoms with Crippen LogP contribution in [0.25, 0.3) is 0 Å². The number of piperazine rings is 1. The molecule has 1 atom stereocenters. The molecule has 2 aliphatic heterocycles. The Balaban J connectivity index is 0.00000320. The third-order valence-corrected chi connectivity index (χ3v) is 5.61. The third kappa shape index (κ3) is 6.61. The van der Waals surface area contributed by atoms with Crippen LogP contribution in [0, 0.1) is 0 Å². The number of morpholine rings is 1. The Hall–Kier alpha value is -1.27. The summed E-state index contributed by atoms with van der Waals surface area (Å²) in [5, 5.41) is 3.33. The maximum absolute atomic E-state index is 12.9. The number of benzene rings is 1. The molecule has 6 nitrogen and oxygen atoms in total. The van der Waals surface area contributed by atoms with Gasteiger partial charge in [-0.3, -0.25) is 9.89 Å². The summed E-state index contributed by atoms with van der Waals surface area (Å²) >= 11 is 0. The van der Waals surface area contributed by atoms with E-state index >= 15 is 0 Å². The molecule has 0 saturated carbocycles. The van der Waals surface area contributed by atoms with Crippen molar-refractivity contribution in [3.8, 4) is 0 Å². The van der Waals surface area contributed by atoms with Crippen molar-refractivity contribution in [2.24, 2.45) is 4.99 Å². The van der Waals surface area contributed by atoms with Gasteiger partial charge in [-0.1, -0.05) is 12.1 Å². The van der Waals surface area contributed by atoms with Gasteiger partial charge in [-0.2, -0.15) is 13.2 Å². The van der Waals surface area contributed by atoms with E-state index in [1.807, 2.05) is 4.90 Å². The fourth-order valence-electron chi connectivity index (χ4n) is 3.69. The van der Waals surface area contributed by atoms with E-state index in [2.05, 4.69) is 39.5 Å². The first-order valence-corrected chi connectivity index (χ1v) is 10.1. The van der Waals surface area contributed by atoms with Gasteiger partial charge in [0.2, 0.25) is 0 Å². The number of anilines is 1. The molecule has 0 bridgehead atoms. The van der Waals surface area contributed by atoms with Gasteiger partial charge in [0.05, 0.1) is 13.2 Å². The van der Waals surface area contributed by atoms with Crippen molar-refractivity contribution in [2.45, 2.75) is 25.7 Å². The Morgan fingerprint density at radius 2 is 1.67 bits per heavy atom. The molecule has 2 aliphatic rings. The van der Waals surface area contributed by atoms with Crippen LogP contribution in [0.5, 0.6) is 0 Å². The molecule has 0 amide bonds. The fraction of sp³-hybridized carbons (Fsp3) is 0.650. The Kier molecular flexibility index (Phi) is 9.48. The number of alkyl halides is 3. The monoisotopic (exact) mass is 541 g/mol. The lowest BCUT2D eigenvalue weighted by Gasteiger charge is -2.39. The highest BCUT2D eigenvalue weighted by Gasteiger charge is 2.41. The zero-order chi connectivity index (χ0) is 20.9. The summed E-state index contributed by atoms with van der Waals surface area (Å²) in [6.07, 6.45) is -4.19. The first-order valence-electron chi connectivity index (χ1n) is 10.1. The molecule has 0 spiro atoms. The quantitative estimate of drug-likeness (QED) is 0.361. The lowest BCUT2D eigenvalue weighted by Crippen LogP contribution is -2.56. The largest absolute Gasteiger partial charge is 0.403 e. The molecule has 1 N–H and O–H groups in total. The van der Waals surface area contributed by atoms with E-state index in [0.717, 1.165) is 37.8 Å². The van der Waals surface area contributed by atoms with Crippen molar-refractivity contribution < 1.29 is 17.9 Å². The van der Waals surface area contributed by atoms with Crippen LogP contribution in [0.1, 0.15) is 12.5 Å². The minimum absolute atomic E-state index is 0. The normalized spacial score (nSPS) is 20.0. The Morgan fingerprint density at radius 3 is 2.20 bits per heavy atom. The van der Waals surface area contributed by atoms with Gasteiger partial charge in [0.15, 0.2) is 5.96 Å². The maximum atomic E-state index is 12.9. The number of guanidine groups is 1. The molecule has 1 unspecified atom stereocenters. The van der Waals surface area contributed by atoms with Gasteiger partial charge in [-0.25, -0.2) is 0 Å². The number of hydrogen-bond donors (Lipinski definition) is 1. The molecule has 0 radical (unpaired) electrons. The number of aliphatic imine (C=N–C) groups is 1. The zero-order valence-corrected chi connectivity index (χ0v) is 19.8. The summed E-state index contributed by atoms with van der Waals surface area (Å²) in [7, 11) is 1.70. The second kappa shape index (κ2) is 11.4. The number of halogens is 4. The summed E-state index contributed by atoms with van der Waals surface area (Å²) in [5.41, 5.74) is 2.32. The van der Waals surface area contributed by atoms with Gasteiger partial charge in [0, 0.05) is 58.5 Å². The van der Waals surface area contributed by atoms with Crippen LogP contribution in [0.15, 0.2) is 29.3 Å². The van der Waals surface area contributed by atoms with Crippen molar-refractivity contribution in [3.63, 3.8) is 0 Å². The number of rotatable bonds is 4. The molecular formula is C20H31F3IN5O. The van der Waals surface area contributed by atoms with Gasteiger partial charge >= 0.3 is 6.18 Å². The van der Waals surface area contributed by atoms with E-state index in [1.165, 1.54) is 17.5 Å². The molecule has 170 valence electrons. The number of nitrogens with one attached hydrogen (secondary N) is 1. The first-order chi connectivity index (χ1) is 13.9. The van der Waals surface area contributed by atoms with Gasteiger partial charge in [0.25, 0.3) is 0 Å². The van der Waals surface area contributed by atoms with E-state index in [0.29, 0.717) is 32.7 Å². The molecule has 2 saturated heterocycles. The molecule has 0 aromatic heterocycles. The SMILES string of the molecule is CN=C(NCc1ccc(N2CCOCC2)cc1)N1CCN(C(C)C(F)(F)F)CC1.I. The van der Waals surface area contributed by atoms with Crippen molar-refractivity contribution in [3.05, 3.63) is 29.8 Å². The molecule has 2 fully saturated rings. The average molecular weight is 541 g/mol. The Labute approximate surface area is 193 Å². The van der Waals surface area contributed by atoms with Crippen molar-refractivity contribution in [1.82, 2.24) is 15.1 Å². The summed E-state index contributed by atoms with van der Waals surface area (Å²) in [4.78, 5) is 10.1. The summed E-state index contributed by atoms with van der Waals surface area (Å²) < 4.78 is 44.1. The van der Waals surface area contributed by atoms with E-state index in [9.17, 15) is 13.2 Å². The lowest BCUT2D eigenvalue weighted by molar-refractivity contribution is -0.181. The van der Waals surface area contributed by atoms with Crippen LogP contribution in [0.4, 0.5) is 18.9 Å². The van der Waals surface area contributed by atoms with Crippen LogP contribution in [0.2, 0.25) is 0 Å². The average Bonchev–Trinajstić information content (AvgIpc) is 2.74. The summed E-state index contributed by atoms with van der Waals surface area (Å²) in [6.45, 7) is 6.96. The minimum Gasteiger partial charge on any atom is -0.378 e. The second-order valence-corrected chi connectivity index (χ2v) is 7.41. The predicted molar refractivity (Wildman–Crippen MR) is 124 cm³/mol. The molecule has 2 heterocycles. The van der Waals surface area contributed by atoms with Crippen LogP contribution in [-0.4, -0.2) is 87.5 Å². The second-order valence-electron chi connectivity index (χ2n) is 7.41. The number of nitrogens with zero attached hydrogens (tertiary/aromatic N) is 4. The standard InChI is InChI=1S/C20H30F3N5O.HI/c1-16(20(21,22)23)26-7-9-28(10-8-26)19(24-2)25-15-17-3-5-18(6-4-17)27-11-13-29-14-12-27;/h3-6,16H,7-15H2,1-2H3,(H,24,25);1H. The van der Waals surface area contributed by atoms with Gasteiger partial charge in [-0.15, -0.1) is 24.0 Å². The van der Waals surface area contributed by atoms with Gasteiger partial charge < -0.3 is 19.9 Å². The molecule has 1 aromatic carbocycles. The predicted octanol–water partition coefficient (Wildman–Crippen LogP) is 2.79. The topological polar surface area (TPSA) is 43.3 Å². The van der Waals surface area contributed by atoms with E-state index in [1.54, 1.807) is 7.05 Å². The number of ether oxygens (including phenoxy) is 1. The summed E-state index contributed by atoms with van der Waals surface area (Å²) in [5.74, 6) is 0.724. The lowest BCUT2D eigenvalue weighted by atomic mass is 10.2. The van der Waals surface area contributed by atoms with Crippen LogP contribution < -0.4 is 10.2 Å². The molecule has 0 aliphatic carbocycles. The first kappa shape index (κ1) is 25.0. The van der Waals surface area contributed by atoms with Crippen molar-refractivity contribution in [2.75, 3.05) is 64.4 Å². The van der Waals surface area contributed by atoms with Crippen LogP contribution >= 0.6 is 24.0 Å². The minimum atomic E-state index is -4.19. The molecular weight excluding hydrogens is 510 g/mol. The van der Waals surface area contributed by atoms with Gasteiger partial charge in [-0.05, 0) is 24.6 Å². The van der Waals surface area contributed by atoms with Crippen LogP contribution in [-0.2, 0) is 11.3 Å². The van der Waals surface area contributed by atoms with Crippen LogP contribution in [0.3, 0.4) is 0 Å². The molecule has 3 rings (SSSR count). The highest BCUT2D eigenvalue weighted by molar-refractivity contribution is 14.0.